The van der Waals surface area contributed by atoms with Gasteiger partial charge in [0.05, 0.1) is 18.9 Å². The molecule has 1 atom stereocenters. The van der Waals surface area contributed by atoms with Crippen LogP contribution in [0.1, 0.15) is 45.3 Å². The molecule has 0 bridgehead atoms. The molecule has 1 aromatic heterocycles. The van der Waals surface area contributed by atoms with Crippen molar-refractivity contribution in [2.45, 2.75) is 58.1 Å². The minimum absolute atomic E-state index is 0.0660. The van der Waals surface area contributed by atoms with Gasteiger partial charge in [-0.25, -0.2) is 0 Å². The van der Waals surface area contributed by atoms with Crippen LogP contribution in [0.5, 0.6) is 0 Å². The smallest absolute Gasteiger partial charge is 0.225 e. The van der Waals surface area contributed by atoms with Crippen LogP contribution in [0.25, 0.3) is 0 Å². The number of carbonyl (C=O) groups is 1. The van der Waals surface area contributed by atoms with E-state index in [0.29, 0.717) is 12.6 Å². The minimum atomic E-state index is 0.0660. The number of piperidine rings is 1. The SMILES string of the molecule is CC(C)C(=O)N1CCC(NC(=NCC2CCCO2)NCCc2ccco2)CC1. The molecule has 2 aliphatic rings. The van der Waals surface area contributed by atoms with E-state index >= 15 is 0 Å². The van der Waals surface area contributed by atoms with Crippen LogP contribution in [0.15, 0.2) is 27.8 Å². The van der Waals surface area contributed by atoms with Gasteiger partial charge in [-0.1, -0.05) is 13.8 Å². The maximum atomic E-state index is 12.2. The number of amides is 1. The number of ether oxygens (including phenoxy) is 1. The Bertz CT molecular complexity index is 616. The third kappa shape index (κ3) is 6.26. The lowest BCUT2D eigenvalue weighted by molar-refractivity contribution is -0.135. The fourth-order valence-electron chi connectivity index (χ4n) is 3.70. The quantitative estimate of drug-likeness (QED) is 0.551. The maximum Gasteiger partial charge on any atom is 0.225 e. The summed E-state index contributed by atoms with van der Waals surface area (Å²) in [5, 5.41) is 6.99. The number of hydrogen-bond acceptors (Lipinski definition) is 4. The average Bonchev–Trinajstić information content (AvgIpc) is 3.40. The zero-order valence-corrected chi connectivity index (χ0v) is 17.2. The number of rotatable bonds is 7. The predicted molar refractivity (Wildman–Crippen MR) is 109 cm³/mol. The molecule has 7 nitrogen and oxygen atoms in total. The Balaban J connectivity index is 1.49. The molecule has 3 heterocycles. The molecule has 2 fully saturated rings. The van der Waals surface area contributed by atoms with E-state index in [9.17, 15) is 4.79 Å². The molecular formula is C21H34N4O3. The van der Waals surface area contributed by atoms with E-state index in [1.807, 2.05) is 30.9 Å². The van der Waals surface area contributed by atoms with Crippen LogP contribution in [-0.2, 0) is 16.0 Å². The van der Waals surface area contributed by atoms with Gasteiger partial charge in [0.15, 0.2) is 5.96 Å². The molecule has 0 saturated carbocycles. The molecule has 0 aromatic carbocycles. The summed E-state index contributed by atoms with van der Waals surface area (Å²) in [7, 11) is 0. The van der Waals surface area contributed by atoms with Crippen LogP contribution in [-0.4, -0.2) is 61.7 Å². The highest BCUT2D eigenvalue weighted by atomic mass is 16.5. The van der Waals surface area contributed by atoms with Gasteiger partial charge in [0.25, 0.3) is 0 Å². The van der Waals surface area contributed by atoms with E-state index in [2.05, 4.69) is 10.6 Å². The van der Waals surface area contributed by atoms with Crippen LogP contribution in [0.4, 0.5) is 0 Å². The van der Waals surface area contributed by atoms with E-state index in [1.165, 1.54) is 0 Å². The fraction of sp³-hybridized carbons (Fsp3) is 0.714. The monoisotopic (exact) mass is 390 g/mol. The summed E-state index contributed by atoms with van der Waals surface area (Å²) < 4.78 is 11.1. The van der Waals surface area contributed by atoms with Crippen LogP contribution in [0.2, 0.25) is 0 Å². The summed E-state index contributed by atoms with van der Waals surface area (Å²) in [5.74, 6) is 2.11. The van der Waals surface area contributed by atoms with Gasteiger partial charge in [-0.3, -0.25) is 9.79 Å². The highest BCUT2D eigenvalue weighted by Gasteiger charge is 2.25. The average molecular weight is 391 g/mol. The van der Waals surface area contributed by atoms with Gasteiger partial charge in [0.2, 0.25) is 5.91 Å². The molecule has 1 amide bonds. The van der Waals surface area contributed by atoms with Gasteiger partial charge in [-0.2, -0.15) is 0 Å². The van der Waals surface area contributed by atoms with Crippen molar-refractivity contribution in [2.75, 3.05) is 32.8 Å². The Labute approximate surface area is 167 Å². The lowest BCUT2D eigenvalue weighted by Crippen LogP contribution is -2.50. The summed E-state index contributed by atoms with van der Waals surface area (Å²) in [6, 6.07) is 4.22. The Morgan fingerprint density at radius 3 is 2.79 bits per heavy atom. The first-order valence-electron chi connectivity index (χ1n) is 10.6. The number of likely N-dealkylation sites (tertiary alicyclic amines) is 1. The Kier molecular flexibility index (Phi) is 7.77. The summed E-state index contributed by atoms with van der Waals surface area (Å²) in [6.07, 6.45) is 6.83. The summed E-state index contributed by atoms with van der Waals surface area (Å²) in [5.41, 5.74) is 0. The summed E-state index contributed by atoms with van der Waals surface area (Å²) >= 11 is 0. The molecule has 0 spiro atoms. The van der Waals surface area contributed by atoms with Crippen LogP contribution < -0.4 is 10.6 Å². The highest BCUT2D eigenvalue weighted by molar-refractivity contribution is 5.80. The molecule has 1 aromatic rings. The van der Waals surface area contributed by atoms with Crippen LogP contribution >= 0.6 is 0 Å². The number of aliphatic imine (C=N–C) groups is 1. The largest absolute Gasteiger partial charge is 0.469 e. The Morgan fingerprint density at radius 2 is 2.14 bits per heavy atom. The molecule has 1 unspecified atom stereocenters. The number of nitrogens with one attached hydrogen (secondary N) is 2. The van der Waals surface area contributed by atoms with Crippen LogP contribution in [0.3, 0.4) is 0 Å². The van der Waals surface area contributed by atoms with E-state index in [-0.39, 0.29) is 17.9 Å². The third-order valence-electron chi connectivity index (χ3n) is 5.36. The fourth-order valence-corrected chi connectivity index (χ4v) is 3.70. The van der Waals surface area contributed by atoms with Gasteiger partial charge in [-0.15, -0.1) is 0 Å². The Morgan fingerprint density at radius 1 is 1.32 bits per heavy atom. The molecule has 7 heteroatoms. The molecule has 2 aliphatic heterocycles. The molecule has 2 N–H and O–H groups in total. The van der Waals surface area contributed by atoms with E-state index in [0.717, 1.165) is 70.1 Å². The van der Waals surface area contributed by atoms with Crippen molar-refractivity contribution in [3.63, 3.8) is 0 Å². The van der Waals surface area contributed by atoms with E-state index < -0.39 is 0 Å². The van der Waals surface area contributed by atoms with Crippen molar-refractivity contribution in [3.8, 4) is 0 Å². The third-order valence-corrected chi connectivity index (χ3v) is 5.36. The van der Waals surface area contributed by atoms with Crippen molar-refractivity contribution in [1.82, 2.24) is 15.5 Å². The molecular weight excluding hydrogens is 356 g/mol. The van der Waals surface area contributed by atoms with Gasteiger partial charge in [0.1, 0.15) is 5.76 Å². The van der Waals surface area contributed by atoms with Gasteiger partial charge in [-0.05, 0) is 37.8 Å². The standard InChI is InChI=1S/C21H34N4O3/c1-16(2)20(26)25-11-8-17(9-12-25)24-21(23-15-19-6-4-14-28-19)22-10-7-18-5-3-13-27-18/h3,5,13,16-17,19H,4,6-12,14-15H2,1-2H3,(H2,22,23,24). The first-order valence-corrected chi connectivity index (χ1v) is 10.6. The zero-order valence-electron chi connectivity index (χ0n) is 17.2. The van der Waals surface area contributed by atoms with Gasteiger partial charge < -0.3 is 24.7 Å². The second kappa shape index (κ2) is 10.5. The highest BCUT2D eigenvalue weighted by Crippen LogP contribution is 2.14. The van der Waals surface area contributed by atoms with Crippen molar-refractivity contribution in [2.24, 2.45) is 10.9 Å². The van der Waals surface area contributed by atoms with Crippen molar-refractivity contribution < 1.29 is 13.9 Å². The van der Waals surface area contributed by atoms with Crippen molar-refractivity contribution >= 4 is 11.9 Å². The second-order valence-corrected chi connectivity index (χ2v) is 7.98. The lowest BCUT2D eigenvalue weighted by atomic mass is 10.0. The molecule has 28 heavy (non-hydrogen) atoms. The normalized spacial score (nSPS) is 21.3. The van der Waals surface area contributed by atoms with Crippen LogP contribution in [0, 0.1) is 5.92 Å². The number of hydrogen-bond donors (Lipinski definition) is 2. The van der Waals surface area contributed by atoms with Crippen molar-refractivity contribution in [1.29, 1.82) is 0 Å². The zero-order chi connectivity index (χ0) is 19.8. The molecule has 3 rings (SSSR count). The molecule has 2 saturated heterocycles. The van der Waals surface area contributed by atoms with E-state index in [4.69, 9.17) is 14.1 Å². The predicted octanol–water partition coefficient (Wildman–Crippen LogP) is 2.18. The number of nitrogens with zero attached hydrogens (tertiary/aromatic N) is 2. The van der Waals surface area contributed by atoms with Gasteiger partial charge >= 0.3 is 0 Å². The van der Waals surface area contributed by atoms with E-state index in [1.54, 1.807) is 6.26 Å². The molecule has 0 radical (unpaired) electrons. The van der Waals surface area contributed by atoms with Gasteiger partial charge in [0, 0.05) is 44.6 Å². The number of guanidine groups is 1. The first kappa shape index (κ1) is 20.7. The summed E-state index contributed by atoms with van der Waals surface area (Å²) in [6.45, 7) is 7.82. The second-order valence-electron chi connectivity index (χ2n) is 7.98. The minimum Gasteiger partial charge on any atom is -0.469 e. The Hall–Kier alpha value is -2.02. The molecule has 0 aliphatic carbocycles. The summed E-state index contributed by atoms with van der Waals surface area (Å²) in [4.78, 5) is 18.9. The topological polar surface area (TPSA) is 79.1 Å². The number of furan rings is 1. The maximum absolute atomic E-state index is 12.2. The number of carbonyl (C=O) groups excluding carboxylic acids is 1. The van der Waals surface area contributed by atoms with Crippen molar-refractivity contribution in [3.05, 3.63) is 24.2 Å². The molecule has 156 valence electrons. The first-order chi connectivity index (χ1) is 13.6. The lowest BCUT2D eigenvalue weighted by Gasteiger charge is -2.34.